The molecule has 1 saturated heterocycles. The van der Waals surface area contributed by atoms with Crippen LogP contribution in [-0.2, 0) is 18.0 Å². The monoisotopic (exact) mass is 404 g/mol. The SMILES string of the molecule is O=C(OCc1ccccc1)N1CCN(c2cc(Br)ccc2CO)CC1. The van der Waals surface area contributed by atoms with Crippen molar-refractivity contribution in [1.82, 2.24) is 4.90 Å². The number of aliphatic hydroxyl groups excluding tert-OH is 1. The summed E-state index contributed by atoms with van der Waals surface area (Å²) in [6, 6.07) is 15.5. The highest BCUT2D eigenvalue weighted by molar-refractivity contribution is 9.10. The molecular formula is C19H21BrN2O3. The molecule has 1 aliphatic rings. The van der Waals surface area contributed by atoms with Gasteiger partial charge in [-0.3, -0.25) is 0 Å². The van der Waals surface area contributed by atoms with Crippen molar-refractivity contribution < 1.29 is 14.6 Å². The number of piperazine rings is 1. The summed E-state index contributed by atoms with van der Waals surface area (Å²) in [6.07, 6.45) is -0.278. The summed E-state index contributed by atoms with van der Waals surface area (Å²) < 4.78 is 6.37. The van der Waals surface area contributed by atoms with Crippen LogP contribution in [0.15, 0.2) is 53.0 Å². The Bertz CT molecular complexity index is 716. The number of amides is 1. The van der Waals surface area contributed by atoms with E-state index in [-0.39, 0.29) is 12.7 Å². The Morgan fingerprint density at radius 2 is 1.80 bits per heavy atom. The van der Waals surface area contributed by atoms with Crippen LogP contribution >= 0.6 is 15.9 Å². The van der Waals surface area contributed by atoms with Crippen molar-refractivity contribution in [2.75, 3.05) is 31.1 Å². The smallest absolute Gasteiger partial charge is 0.410 e. The number of halogens is 1. The highest BCUT2D eigenvalue weighted by Crippen LogP contribution is 2.26. The summed E-state index contributed by atoms with van der Waals surface area (Å²) in [6.45, 7) is 2.92. The van der Waals surface area contributed by atoms with Gasteiger partial charge in [-0.05, 0) is 17.7 Å². The normalized spacial score (nSPS) is 14.5. The number of hydrogen-bond donors (Lipinski definition) is 1. The lowest BCUT2D eigenvalue weighted by Crippen LogP contribution is -2.49. The van der Waals surface area contributed by atoms with Gasteiger partial charge in [-0.25, -0.2) is 4.79 Å². The first-order chi connectivity index (χ1) is 12.2. The Morgan fingerprint density at radius 1 is 1.08 bits per heavy atom. The second-order valence-electron chi connectivity index (χ2n) is 5.95. The van der Waals surface area contributed by atoms with E-state index in [0.29, 0.717) is 32.8 Å². The average Bonchev–Trinajstić information content (AvgIpc) is 2.67. The maximum atomic E-state index is 12.2. The number of rotatable bonds is 4. The Labute approximate surface area is 155 Å². The van der Waals surface area contributed by atoms with E-state index in [0.717, 1.165) is 21.3 Å². The molecule has 0 aromatic heterocycles. The molecule has 3 rings (SSSR count). The standard InChI is InChI=1S/C19H21BrN2O3/c20-17-7-6-16(13-23)18(12-17)21-8-10-22(11-9-21)19(24)25-14-15-4-2-1-3-5-15/h1-7,12,23H,8-11,13-14H2. The van der Waals surface area contributed by atoms with Crippen LogP contribution in [0.3, 0.4) is 0 Å². The predicted molar refractivity (Wildman–Crippen MR) is 100 cm³/mol. The quantitative estimate of drug-likeness (QED) is 0.848. The third-order valence-electron chi connectivity index (χ3n) is 4.30. The predicted octanol–water partition coefficient (Wildman–Crippen LogP) is 3.40. The lowest BCUT2D eigenvalue weighted by molar-refractivity contribution is 0.0941. The van der Waals surface area contributed by atoms with Gasteiger partial charge in [0.05, 0.1) is 6.61 Å². The zero-order valence-corrected chi connectivity index (χ0v) is 15.5. The minimum absolute atomic E-state index is 0.00193. The number of anilines is 1. The number of aliphatic hydroxyl groups is 1. The van der Waals surface area contributed by atoms with Crippen LogP contribution in [0.2, 0.25) is 0 Å². The van der Waals surface area contributed by atoms with Gasteiger partial charge in [0.2, 0.25) is 0 Å². The van der Waals surface area contributed by atoms with Gasteiger partial charge in [0.25, 0.3) is 0 Å². The first kappa shape index (κ1) is 17.8. The maximum Gasteiger partial charge on any atom is 0.410 e. The third-order valence-corrected chi connectivity index (χ3v) is 4.79. The summed E-state index contributed by atoms with van der Waals surface area (Å²) in [7, 11) is 0. The molecule has 132 valence electrons. The molecule has 0 spiro atoms. The van der Waals surface area contributed by atoms with E-state index in [4.69, 9.17) is 4.74 Å². The Balaban J connectivity index is 1.55. The molecule has 6 heteroatoms. The number of hydrogen-bond acceptors (Lipinski definition) is 4. The fraction of sp³-hybridized carbons (Fsp3) is 0.316. The van der Waals surface area contributed by atoms with Gasteiger partial charge in [-0.15, -0.1) is 0 Å². The molecule has 0 aliphatic carbocycles. The van der Waals surface area contributed by atoms with Crippen LogP contribution in [0.25, 0.3) is 0 Å². The highest BCUT2D eigenvalue weighted by atomic mass is 79.9. The van der Waals surface area contributed by atoms with Crippen molar-refractivity contribution in [1.29, 1.82) is 0 Å². The molecule has 2 aromatic rings. The maximum absolute atomic E-state index is 12.2. The van der Waals surface area contributed by atoms with Gasteiger partial charge in [-0.2, -0.15) is 0 Å². The number of carbonyl (C=O) groups is 1. The molecule has 0 saturated carbocycles. The fourth-order valence-electron chi connectivity index (χ4n) is 2.91. The molecule has 0 radical (unpaired) electrons. The summed E-state index contributed by atoms with van der Waals surface area (Å²) >= 11 is 3.48. The second-order valence-corrected chi connectivity index (χ2v) is 6.86. The molecular weight excluding hydrogens is 384 g/mol. The zero-order valence-electron chi connectivity index (χ0n) is 13.9. The summed E-state index contributed by atoms with van der Waals surface area (Å²) in [5, 5.41) is 9.53. The molecule has 1 heterocycles. The molecule has 5 nitrogen and oxygen atoms in total. The Kier molecular flexibility index (Phi) is 5.94. The molecule has 0 atom stereocenters. The first-order valence-electron chi connectivity index (χ1n) is 8.27. The minimum Gasteiger partial charge on any atom is -0.445 e. The van der Waals surface area contributed by atoms with Gasteiger partial charge >= 0.3 is 6.09 Å². The average molecular weight is 405 g/mol. The van der Waals surface area contributed by atoms with E-state index in [9.17, 15) is 9.90 Å². The van der Waals surface area contributed by atoms with Gasteiger partial charge in [0.1, 0.15) is 6.61 Å². The van der Waals surface area contributed by atoms with Crippen LogP contribution in [0, 0.1) is 0 Å². The Hall–Kier alpha value is -2.05. The number of carbonyl (C=O) groups excluding carboxylic acids is 1. The fourth-order valence-corrected chi connectivity index (χ4v) is 3.25. The second kappa shape index (κ2) is 8.36. The molecule has 0 bridgehead atoms. The van der Waals surface area contributed by atoms with Crippen molar-refractivity contribution in [2.45, 2.75) is 13.2 Å². The molecule has 1 fully saturated rings. The van der Waals surface area contributed by atoms with Crippen molar-refractivity contribution in [3.63, 3.8) is 0 Å². The van der Waals surface area contributed by atoms with E-state index in [1.165, 1.54) is 0 Å². The summed E-state index contributed by atoms with van der Waals surface area (Å²) in [4.78, 5) is 16.2. The van der Waals surface area contributed by atoms with E-state index in [2.05, 4.69) is 20.8 Å². The zero-order chi connectivity index (χ0) is 17.6. The number of ether oxygens (including phenoxy) is 1. The van der Waals surface area contributed by atoms with Gasteiger partial charge in [-0.1, -0.05) is 52.3 Å². The van der Waals surface area contributed by atoms with Crippen LogP contribution in [-0.4, -0.2) is 42.3 Å². The molecule has 25 heavy (non-hydrogen) atoms. The molecule has 0 unspecified atom stereocenters. The van der Waals surface area contributed by atoms with Crippen molar-refractivity contribution in [3.8, 4) is 0 Å². The van der Waals surface area contributed by atoms with E-state index < -0.39 is 0 Å². The first-order valence-corrected chi connectivity index (χ1v) is 9.06. The largest absolute Gasteiger partial charge is 0.445 e. The van der Waals surface area contributed by atoms with Gasteiger partial charge < -0.3 is 19.6 Å². The van der Waals surface area contributed by atoms with Crippen LogP contribution < -0.4 is 4.90 Å². The topological polar surface area (TPSA) is 53.0 Å². The van der Waals surface area contributed by atoms with Crippen LogP contribution in [0.5, 0.6) is 0 Å². The number of nitrogens with zero attached hydrogens (tertiary/aromatic N) is 2. The van der Waals surface area contributed by atoms with E-state index in [1.54, 1.807) is 4.90 Å². The lowest BCUT2D eigenvalue weighted by atomic mass is 10.1. The van der Waals surface area contributed by atoms with Crippen LogP contribution in [0.1, 0.15) is 11.1 Å². The van der Waals surface area contributed by atoms with E-state index >= 15 is 0 Å². The number of benzene rings is 2. The molecule has 1 N–H and O–H groups in total. The summed E-state index contributed by atoms with van der Waals surface area (Å²) in [5.41, 5.74) is 2.88. The minimum atomic E-state index is -0.278. The lowest BCUT2D eigenvalue weighted by Gasteiger charge is -2.36. The van der Waals surface area contributed by atoms with E-state index in [1.807, 2.05) is 48.5 Å². The Morgan fingerprint density at radius 3 is 2.48 bits per heavy atom. The summed E-state index contributed by atoms with van der Waals surface area (Å²) in [5.74, 6) is 0. The highest BCUT2D eigenvalue weighted by Gasteiger charge is 2.23. The van der Waals surface area contributed by atoms with Gasteiger partial charge in [0.15, 0.2) is 0 Å². The van der Waals surface area contributed by atoms with Crippen molar-refractivity contribution in [3.05, 3.63) is 64.1 Å². The van der Waals surface area contributed by atoms with Crippen molar-refractivity contribution >= 4 is 27.7 Å². The van der Waals surface area contributed by atoms with Crippen molar-refractivity contribution in [2.24, 2.45) is 0 Å². The van der Waals surface area contributed by atoms with Crippen LogP contribution in [0.4, 0.5) is 10.5 Å². The van der Waals surface area contributed by atoms with Gasteiger partial charge in [0, 0.05) is 41.9 Å². The molecule has 1 aliphatic heterocycles. The third kappa shape index (κ3) is 4.52. The molecule has 2 aromatic carbocycles. The molecule has 1 amide bonds.